The van der Waals surface area contributed by atoms with Gasteiger partial charge >= 0.3 is 5.97 Å². The van der Waals surface area contributed by atoms with Gasteiger partial charge in [-0.25, -0.2) is 14.8 Å². The number of rotatable bonds is 6. The predicted molar refractivity (Wildman–Crippen MR) is 96.8 cm³/mol. The summed E-state index contributed by atoms with van der Waals surface area (Å²) in [7, 11) is 0. The highest BCUT2D eigenvalue weighted by Gasteiger charge is 2.24. The smallest absolute Gasteiger partial charge is 0.326 e. The first-order chi connectivity index (χ1) is 11.1. The number of carbonyl (C=O) groups is 1. The molecule has 0 unspecified atom stereocenters. The fourth-order valence-corrected chi connectivity index (χ4v) is 4.80. The van der Waals surface area contributed by atoms with Gasteiger partial charge in [0.2, 0.25) is 0 Å². The van der Waals surface area contributed by atoms with E-state index in [0.717, 1.165) is 28.8 Å². The number of aliphatic carboxylic acids is 1. The Bertz CT molecular complexity index is 730. The standard InChI is InChI=1S/C16H21N3O2S2/c1-9-17-14(19-11(16(20)21)7-8-22-2)13-10-5-3-4-6-12(10)23-15(13)18-9/h11H,3-8H2,1-2H3,(H,20,21)(H,17,18,19)/t11-/m0/s1. The third-order valence-corrected chi connectivity index (χ3v) is 5.98. The Morgan fingerprint density at radius 1 is 1.39 bits per heavy atom. The van der Waals surface area contributed by atoms with E-state index >= 15 is 0 Å². The van der Waals surface area contributed by atoms with Crippen molar-refractivity contribution >= 4 is 45.1 Å². The number of nitrogens with zero attached hydrogens (tertiary/aromatic N) is 2. The van der Waals surface area contributed by atoms with E-state index < -0.39 is 12.0 Å². The number of anilines is 1. The highest BCUT2D eigenvalue weighted by Crippen LogP contribution is 2.38. The average molecular weight is 351 g/mol. The molecule has 1 aliphatic carbocycles. The predicted octanol–water partition coefficient (Wildman–Crippen LogP) is 3.50. The largest absolute Gasteiger partial charge is 0.480 e. The van der Waals surface area contributed by atoms with E-state index in [1.54, 1.807) is 23.1 Å². The maximum Gasteiger partial charge on any atom is 0.326 e. The van der Waals surface area contributed by atoms with Crippen LogP contribution in [0.15, 0.2) is 0 Å². The fourth-order valence-electron chi connectivity index (χ4n) is 3.03. The molecule has 124 valence electrons. The van der Waals surface area contributed by atoms with Gasteiger partial charge in [0.05, 0.1) is 5.39 Å². The third kappa shape index (κ3) is 3.45. The van der Waals surface area contributed by atoms with Crippen molar-refractivity contribution in [2.45, 2.75) is 45.1 Å². The molecule has 0 aliphatic heterocycles. The molecule has 5 nitrogen and oxygen atoms in total. The van der Waals surface area contributed by atoms with E-state index in [2.05, 4.69) is 15.3 Å². The van der Waals surface area contributed by atoms with Crippen LogP contribution in [0.3, 0.4) is 0 Å². The Labute approximate surface area is 143 Å². The van der Waals surface area contributed by atoms with Crippen LogP contribution in [-0.2, 0) is 17.6 Å². The van der Waals surface area contributed by atoms with E-state index in [4.69, 9.17) is 0 Å². The van der Waals surface area contributed by atoms with E-state index in [9.17, 15) is 9.90 Å². The van der Waals surface area contributed by atoms with Crippen LogP contribution >= 0.6 is 23.1 Å². The molecule has 0 saturated heterocycles. The summed E-state index contributed by atoms with van der Waals surface area (Å²) in [6.07, 6.45) is 7.11. The molecule has 0 bridgehead atoms. The quantitative estimate of drug-likeness (QED) is 0.830. The summed E-state index contributed by atoms with van der Waals surface area (Å²) < 4.78 is 0. The Morgan fingerprint density at radius 2 is 2.17 bits per heavy atom. The lowest BCUT2D eigenvalue weighted by molar-refractivity contribution is -0.137. The number of fused-ring (bicyclic) bond motifs is 3. The topological polar surface area (TPSA) is 75.1 Å². The van der Waals surface area contributed by atoms with Crippen LogP contribution in [0.5, 0.6) is 0 Å². The fraction of sp³-hybridized carbons (Fsp3) is 0.562. The van der Waals surface area contributed by atoms with Crippen molar-refractivity contribution in [3.8, 4) is 0 Å². The molecule has 2 N–H and O–H groups in total. The minimum Gasteiger partial charge on any atom is -0.480 e. The molecule has 0 fully saturated rings. The van der Waals surface area contributed by atoms with E-state index in [0.29, 0.717) is 18.1 Å². The molecule has 0 aromatic carbocycles. The molecule has 7 heteroatoms. The first-order valence-electron chi connectivity index (χ1n) is 7.87. The highest BCUT2D eigenvalue weighted by atomic mass is 32.2. The number of hydrogen-bond acceptors (Lipinski definition) is 6. The lowest BCUT2D eigenvalue weighted by Crippen LogP contribution is -2.30. The molecule has 0 radical (unpaired) electrons. The Balaban J connectivity index is 2.01. The van der Waals surface area contributed by atoms with Crippen molar-refractivity contribution in [1.82, 2.24) is 9.97 Å². The van der Waals surface area contributed by atoms with Gasteiger partial charge in [0.25, 0.3) is 0 Å². The number of aromatic nitrogens is 2. The molecule has 1 aliphatic rings. The molecule has 2 heterocycles. The highest BCUT2D eigenvalue weighted by molar-refractivity contribution is 7.98. The second-order valence-electron chi connectivity index (χ2n) is 5.83. The Kier molecular flexibility index (Phi) is 5.06. The van der Waals surface area contributed by atoms with Crippen molar-refractivity contribution in [2.75, 3.05) is 17.3 Å². The van der Waals surface area contributed by atoms with Crippen LogP contribution < -0.4 is 5.32 Å². The van der Waals surface area contributed by atoms with Gasteiger partial charge in [0.1, 0.15) is 22.5 Å². The minimum atomic E-state index is -0.826. The number of carboxylic acid groups (broad SMARTS) is 1. The molecule has 0 amide bonds. The zero-order valence-corrected chi connectivity index (χ0v) is 15.0. The molecule has 23 heavy (non-hydrogen) atoms. The normalized spacial score (nSPS) is 15.4. The second kappa shape index (κ2) is 7.05. The number of carboxylic acids is 1. The minimum absolute atomic E-state index is 0.577. The molecule has 3 rings (SSSR count). The van der Waals surface area contributed by atoms with Crippen molar-refractivity contribution in [2.24, 2.45) is 0 Å². The van der Waals surface area contributed by atoms with E-state index in [1.165, 1.54) is 23.3 Å². The van der Waals surface area contributed by atoms with Gasteiger partial charge in [0, 0.05) is 4.88 Å². The first kappa shape index (κ1) is 16.5. The SMILES string of the molecule is CSCC[C@H](Nc1nc(C)nc2sc3c(c12)CCCC3)C(=O)O. The molecule has 2 aromatic heterocycles. The van der Waals surface area contributed by atoms with Crippen molar-refractivity contribution in [1.29, 1.82) is 0 Å². The zero-order valence-electron chi connectivity index (χ0n) is 13.4. The average Bonchev–Trinajstić information content (AvgIpc) is 2.88. The Morgan fingerprint density at radius 3 is 2.91 bits per heavy atom. The van der Waals surface area contributed by atoms with Crippen LogP contribution in [0, 0.1) is 6.92 Å². The van der Waals surface area contributed by atoms with Gasteiger partial charge in [0.15, 0.2) is 0 Å². The van der Waals surface area contributed by atoms with Crippen molar-refractivity contribution < 1.29 is 9.90 Å². The summed E-state index contributed by atoms with van der Waals surface area (Å²) in [6, 6.07) is -0.612. The third-order valence-electron chi connectivity index (χ3n) is 4.15. The lowest BCUT2D eigenvalue weighted by Gasteiger charge is -2.17. The zero-order chi connectivity index (χ0) is 16.4. The first-order valence-corrected chi connectivity index (χ1v) is 10.1. The van der Waals surface area contributed by atoms with Gasteiger partial charge in [-0.05, 0) is 56.6 Å². The van der Waals surface area contributed by atoms with Crippen LogP contribution in [0.1, 0.15) is 35.5 Å². The van der Waals surface area contributed by atoms with E-state index in [1.807, 2.05) is 13.2 Å². The second-order valence-corrected chi connectivity index (χ2v) is 7.90. The number of hydrogen-bond donors (Lipinski definition) is 2. The summed E-state index contributed by atoms with van der Waals surface area (Å²) in [6.45, 7) is 1.86. The van der Waals surface area contributed by atoms with Gasteiger partial charge in [-0.2, -0.15) is 11.8 Å². The molecule has 2 aromatic rings. The summed E-state index contributed by atoms with van der Waals surface area (Å²) in [5.74, 6) is 1.36. The van der Waals surface area contributed by atoms with Gasteiger partial charge in [-0.3, -0.25) is 0 Å². The maximum atomic E-state index is 11.5. The van der Waals surface area contributed by atoms with Gasteiger partial charge < -0.3 is 10.4 Å². The van der Waals surface area contributed by atoms with Gasteiger partial charge in [-0.15, -0.1) is 11.3 Å². The van der Waals surface area contributed by atoms with Crippen LogP contribution in [0.4, 0.5) is 5.82 Å². The molecular weight excluding hydrogens is 330 g/mol. The molecular formula is C16H21N3O2S2. The van der Waals surface area contributed by atoms with Crippen LogP contribution in [-0.4, -0.2) is 39.1 Å². The number of nitrogens with one attached hydrogen (secondary N) is 1. The Hall–Kier alpha value is -1.34. The number of thiophene rings is 1. The number of thioether (sulfide) groups is 1. The summed E-state index contributed by atoms with van der Waals surface area (Å²) in [5.41, 5.74) is 1.33. The molecule has 1 atom stereocenters. The van der Waals surface area contributed by atoms with Crippen LogP contribution in [0.2, 0.25) is 0 Å². The van der Waals surface area contributed by atoms with Crippen molar-refractivity contribution in [3.05, 3.63) is 16.3 Å². The molecule has 0 spiro atoms. The maximum absolute atomic E-state index is 11.5. The summed E-state index contributed by atoms with van der Waals surface area (Å²) in [4.78, 5) is 23.0. The summed E-state index contributed by atoms with van der Waals surface area (Å²) in [5, 5.41) is 13.7. The monoisotopic (exact) mass is 351 g/mol. The van der Waals surface area contributed by atoms with Crippen molar-refractivity contribution in [3.63, 3.8) is 0 Å². The number of aryl methyl sites for hydroxylation is 3. The van der Waals surface area contributed by atoms with E-state index in [-0.39, 0.29) is 0 Å². The van der Waals surface area contributed by atoms with Crippen LogP contribution in [0.25, 0.3) is 10.2 Å². The van der Waals surface area contributed by atoms with Gasteiger partial charge in [-0.1, -0.05) is 0 Å². The lowest BCUT2D eigenvalue weighted by atomic mass is 9.97. The molecule has 0 saturated carbocycles. The summed E-state index contributed by atoms with van der Waals surface area (Å²) >= 11 is 3.39.